The molecule has 0 aliphatic rings. The maximum atomic E-state index is 9.93. The number of imidazole rings is 1. The van der Waals surface area contributed by atoms with E-state index in [4.69, 9.17) is 0 Å². The van der Waals surface area contributed by atoms with E-state index in [1.807, 2.05) is 6.20 Å². The van der Waals surface area contributed by atoms with Gasteiger partial charge in [0.2, 0.25) is 0 Å². The summed E-state index contributed by atoms with van der Waals surface area (Å²) in [6, 6.07) is 0. The Labute approximate surface area is 78.2 Å². The van der Waals surface area contributed by atoms with E-state index in [1.165, 1.54) is 0 Å². The van der Waals surface area contributed by atoms with E-state index >= 15 is 0 Å². The molecule has 86 valence electrons. The Morgan fingerprint density at radius 2 is 1.64 bits per heavy atom. The summed E-state index contributed by atoms with van der Waals surface area (Å²) in [4.78, 5) is 6.95. The van der Waals surface area contributed by atoms with Gasteiger partial charge in [0.15, 0.2) is 0 Å². The van der Waals surface area contributed by atoms with Crippen molar-refractivity contribution in [2.45, 2.75) is 13.3 Å². The van der Waals surface area contributed by atoms with Crippen molar-refractivity contribution in [3.8, 4) is 0 Å². The van der Waals surface area contributed by atoms with Crippen molar-refractivity contribution >= 4 is 19.5 Å². The van der Waals surface area contributed by atoms with Crippen LogP contribution in [0.1, 0.15) is 12.7 Å². The molecule has 1 aromatic rings. The molecule has 9 heteroatoms. The second kappa shape index (κ2) is 3.32. The van der Waals surface area contributed by atoms with Crippen LogP contribution in [0.4, 0.5) is 16.9 Å². The quantitative estimate of drug-likeness (QED) is 0.621. The number of aromatic amines is 1. The van der Waals surface area contributed by atoms with Crippen LogP contribution in [0.15, 0.2) is 12.4 Å². The zero-order chi connectivity index (χ0) is 11.5. The molecule has 0 atom stereocenters. The minimum absolute atomic E-state index is 0.993. The van der Waals surface area contributed by atoms with Gasteiger partial charge in [0, 0.05) is 18.8 Å². The summed E-state index contributed by atoms with van der Waals surface area (Å²) in [6.07, 6.45) is 4.59. The predicted molar refractivity (Wildman–Crippen MR) is 40.4 cm³/mol. The monoisotopic (exact) mass is 331 g/mol. The van der Waals surface area contributed by atoms with E-state index in [0.29, 0.717) is 0 Å². The van der Waals surface area contributed by atoms with Gasteiger partial charge in [0.1, 0.15) is 5.82 Å². The van der Waals surface area contributed by atoms with E-state index in [2.05, 4.69) is 16.9 Å². The summed E-state index contributed by atoms with van der Waals surface area (Å²) in [7, 11) is 0. The molecule has 1 heterocycles. The first-order valence-electron chi connectivity index (χ1n) is 3.43. The van der Waals surface area contributed by atoms with E-state index in [1.54, 1.807) is 6.20 Å². The van der Waals surface area contributed by atoms with Gasteiger partial charge in [0.25, 0.3) is 0 Å². The molecule has 0 saturated heterocycles. The van der Waals surface area contributed by atoms with Crippen molar-refractivity contribution in [2.75, 3.05) is 0 Å². The van der Waals surface area contributed by atoms with Crippen LogP contribution in [0, 0.1) is 0 Å². The van der Waals surface area contributed by atoms with Crippen LogP contribution >= 0.6 is 0 Å². The Balaban J connectivity index is 0.000000241. The SMILES string of the molecule is CCc1ncc[nH]1.[F][Sb-]([F])([F])([F])([F])[F]. The fourth-order valence-electron chi connectivity index (χ4n) is 0.491. The number of aryl methyl sites for hydroxylation is 1. The molecule has 0 aromatic carbocycles. The molecule has 1 aromatic heterocycles. The van der Waals surface area contributed by atoms with Crippen molar-refractivity contribution in [2.24, 2.45) is 0 Å². The Hall–Kier alpha value is -0.392. The topological polar surface area (TPSA) is 28.7 Å². The molecule has 2 nitrogen and oxygen atoms in total. The number of nitrogens with zero attached hydrogens (tertiary/aromatic N) is 1. The maximum absolute atomic E-state index is 11.2. The number of halogens is 6. The number of aromatic nitrogens is 2. The Morgan fingerprint density at radius 1 is 1.21 bits per heavy atom. The molecule has 0 bridgehead atoms. The van der Waals surface area contributed by atoms with Gasteiger partial charge in [-0.25, -0.2) is 4.98 Å². The predicted octanol–water partition coefficient (Wildman–Crippen LogP) is 3.11. The third kappa shape index (κ3) is 17.6. The third-order valence-corrected chi connectivity index (χ3v) is 0.890. The van der Waals surface area contributed by atoms with E-state index in [-0.39, 0.29) is 0 Å². The van der Waals surface area contributed by atoms with Crippen LogP contribution in [0.25, 0.3) is 0 Å². The van der Waals surface area contributed by atoms with Crippen molar-refractivity contribution in [3.05, 3.63) is 18.2 Å². The summed E-state index contributed by atoms with van der Waals surface area (Å²) >= 11 is -11.2. The number of hydrogen-bond acceptors (Lipinski definition) is 1. The number of H-pyrrole nitrogens is 1. The zero-order valence-corrected chi connectivity index (χ0v) is 9.58. The van der Waals surface area contributed by atoms with Crippen LogP contribution in [0.5, 0.6) is 0 Å². The average Bonchev–Trinajstić information content (AvgIpc) is 2.29. The van der Waals surface area contributed by atoms with Crippen LogP contribution in [0.2, 0.25) is 0 Å². The average molecular weight is 332 g/mol. The van der Waals surface area contributed by atoms with Crippen LogP contribution in [0.3, 0.4) is 0 Å². The van der Waals surface area contributed by atoms with Gasteiger partial charge in [0.05, 0.1) is 0 Å². The van der Waals surface area contributed by atoms with Gasteiger partial charge in [-0.15, -0.1) is 0 Å². The standard InChI is InChI=1S/C5H8N2.6FH.Sb/c1-2-5-6-3-4-7-5;;;;;;;/h3-4H,2H2,1H3,(H,6,7);6*1H;/q;;;;;;;+5/p-6. The normalized spacial score (nSPS) is 16.2. The third-order valence-electron chi connectivity index (χ3n) is 0.890. The summed E-state index contributed by atoms with van der Waals surface area (Å²) in [5.41, 5.74) is 0. The first kappa shape index (κ1) is 13.6. The van der Waals surface area contributed by atoms with Gasteiger partial charge >= 0.3 is 36.4 Å². The van der Waals surface area contributed by atoms with Gasteiger partial charge in [-0.3, -0.25) is 0 Å². The van der Waals surface area contributed by atoms with E-state index < -0.39 is 19.5 Å². The second-order valence-corrected chi connectivity index (χ2v) is 7.82. The molecule has 0 aliphatic heterocycles. The first-order chi connectivity index (χ1) is 5.88. The Morgan fingerprint density at radius 3 is 1.79 bits per heavy atom. The van der Waals surface area contributed by atoms with E-state index in [0.717, 1.165) is 12.2 Å². The molecule has 0 spiro atoms. The zero-order valence-electron chi connectivity index (χ0n) is 7.02. The second-order valence-electron chi connectivity index (χ2n) is 2.35. The summed E-state index contributed by atoms with van der Waals surface area (Å²) in [5, 5.41) is 0. The Kier molecular flexibility index (Phi) is 3.23. The van der Waals surface area contributed by atoms with Crippen molar-refractivity contribution in [3.63, 3.8) is 0 Å². The van der Waals surface area contributed by atoms with Gasteiger partial charge < -0.3 is 4.98 Å². The molecular formula is C5H8F6N2Sb-. The summed E-state index contributed by atoms with van der Waals surface area (Å²) in [6.45, 7) is 2.07. The number of hydrogen-bond donors (Lipinski definition) is 1. The van der Waals surface area contributed by atoms with E-state index in [9.17, 15) is 16.9 Å². The molecule has 0 aliphatic carbocycles. The van der Waals surface area contributed by atoms with Gasteiger partial charge in [-0.2, -0.15) is 0 Å². The molecule has 14 heavy (non-hydrogen) atoms. The van der Waals surface area contributed by atoms with Crippen LogP contribution < -0.4 is 0 Å². The molecule has 0 amide bonds. The van der Waals surface area contributed by atoms with Crippen molar-refractivity contribution in [1.82, 2.24) is 9.97 Å². The number of nitrogens with one attached hydrogen (secondary N) is 1. The fourth-order valence-corrected chi connectivity index (χ4v) is 0.491. The number of rotatable bonds is 1. The molecular weight excluding hydrogens is 324 g/mol. The first-order valence-corrected chi connectivity index (χ1v) is 9.22. The minimum atomic E-state index is -11.2. The van der Waals surface area contributed by atoms with Gasteiger partial charge in [-0.05, 0) is 0 Å². The van der Waals surface area contributed by atoms with Crippen LogP contribution in [-0.4, -0.2) is 29.4 Å². The molecule has 1 N–H and O–H groups in total. The Bertz CT molecular complexity index is 261. The van der Waals surface area contributed by atoms with Crippen molar-refractivity contribution < 1.29 is 16.9 Å². The van der Waals surface area contributed by atoms with Crippen molar-refractivity contribution in [1.29, 1.82) is 0 Å². The molecule has 0 radical (unpaired) electrons. The summed E-state index contributed by atoms with van der Waals surface area (Å²) in [5.74, 6) is 1.06. The summed E-state index contributed by atoms with van der Waals surface area (Å²) < 4.78 is 59.6. The molecule has 0 unspecified atom stereocenters. The van der Waals surface area contributed by atoms with Gasteiger partial charge in [-0.1, -0.05) is 6.92 Å². The fraction of sp³-hybridized carbons (Fsp3) is 0.400. The molecule has 0 fully saturated rings. The van der Waals surface area contributed by atoms with Crippen LogP contribution in [-0.2, 0) is 6.42 Å². The molecule has 1 rings (SSSR count). The molecule has 0 saturated carbocycles.